The van der Waals surface area contributed by atoms with E-state index < -0.39 is 5.97 Å². The van der Waals surface area contributed by atoms with E-state index >= 15 is 0 Å². The number of thiophene rings is 1. The fraction of sp³-hybridized carbons (Fsp3) is 0.375. The number of aryl methyl sites for hydroxylation is 1. The van der Waals surface area contributed by atoms with E-state index in [4.69, 9.17) is 10.8 Å². The summed E-state index contributed by atoms with van der Waals surface area (Å²) in [4.78, 5) is 12.0. The molecule has 3 nitrogen and oxygen atoms in total. The van der Waals surface area contributed by atoms with E-state index in [2.05, 4.69) is 0 Å². The number of carboxylic acids is 1. The molecule has 0 amide bonds. The Morgan fingerprint density at radius 2 is 2.31 bits per heavy atom. The molecule has 0 bridgehead atoms. The molecule has 1 aliphatic rings. The minimum Gasteiger partial charge on any atom is -0.478 e. The first-order chi connectivity index (χ1) is 6.20. The second kappa shape index (κ2) is 3.23. The van der Waals surface area contributed by atoms with Crippen LogP contribution in [0.3, 0.4) is 0 Å². The van der Waals surface area contributed by atoms with E-state index in [1.54, 1.807) is 11.8 Å². The number of fused-ring (bicyclic) bond motifs is 1. The molecule has 0 saturated heterocycles. The number of nitrogen functional groups attached to an aromatic ring is 1. The monoisotopic (exact) mass is 215 g/mol. The molecule has 0 atom stereocenters. The number of carbonyl (C=O) groups is 1. The van der Waals surface area contributed by atoms with Crippen LogP contribution in [-0.4, -0.2) is 16.8 Å². The summed E-state index contributed by atoms with van der Waals surface area (Å²) < 4.78 is 0. The van der Waals surface area contributed by atoms with Crippen LogP contribution in [0.5, 0.6) is 0 Å². The van der Waals surface area contributed by atoms with Crippen molar-refractivity contribution in [2.75, 3.05) is 11.5 Å². The van der Waals surface area contributed by atoms with Gasteiger partial charge in [-0.05, 0) is 17.7 Å². The number of nitrogens with two attached hydrogens (primary N) is 1. The Bertz CT molecular complexity index is 359. The van der Waals surface area contributed by atoms with Crippen LogP contribution >= 0.6 is 23.1 Å². The van der Waals surface area contributed by atoms with Crippen LogP contribution in [0.4, 0.5) is 5.00 Å². The average Bonchev–Trinajstić information content (AvgIpc) is 2.39. The summed E-state index contributed by atoms with van der Waals surface area (Å²) >= 11 is 3.20. The lowest BCUT2D eigenvalue weighted by Crippen LogP contribution is -2.06. The zero-order chi connectivity index (χ0) is 9.42. The van der Waals surface area contributed by atoms with Gasteiger partial charge < -0.3 is 10.8 Å². The van der Waals surface area contributed by atoms with Crippen LogP contribution in [-0.2, 0) is 12.2 Å². The number of anilines is 1. The molecule has 0 unspecified atom stereocenters. The maximum Gasteiger partial charge on any atom is 0.339 e. The Kier molecular flexibility index (Phi) is 2.21. The van der Waals surface area contributed by atoms with E-state index in [1.807, 2.05) is 0 Å². The molecule has 13 heavy (non-hydrogen) atoms. The summed E-state index contributed by atoms with van der Waals surface area (Å²) in [6.45, 7) is 0. The Morgan fingerprint density at radius 3 is 3.00 bits per heavy atom. The molecular weight excluding hydrogens is 206 g/mol. The van der Waals surface area contributed by atoms with Gasteiger partial charge in [0.15, 0.2) is 0 Å². The van der Waals surface area contributed by atoms with Gasteiger partial charge in [-0.3, -0.25) is 0 Å². The Hall–Kier alpha value is -0.680. The lowest BCUT2D eigenvalue weighted by atomic mass is 10.1. The minimum atomic E-state index is -0.891. The smallest absolute Gasteiger partial charge is 0.339 e. The van der Waals surface area contributed by atoms with Crippen molar-refractivity contribution in [2.45, 2.75) is 12.2 Å². The number of rotatable bonds is 1. The third kappa shape index (κ3) is 1.42. The standard InChI is InChI=1S/C8H9NO2S2/c9-7-6(8(10)11)4-3-12-2-1-5(4)13-7/h1-3,9H2,(H,10,11). The van der Waals surface area contributed by atoms with Gasteiger partial charge in [0.1, 0.15) is 5.00 Å². The highest BCUT2D eigenvalue weighted by molar-refractivity contribution is 7.98. The van der Waals surface area contributed by atoms with Gasteiger partial charge in [0.25, 0.3) is 0 Å². The second-order valence-electron chi connectivity index (χ2n) is 2.85. The molecule has 2 heterocycles. The molecule has 1 aromatic heterocycles. The molecule has 0 saturated carbocycles. The van der Waals surface area contributed by atoms with Gasteiger partial charge in [-0.1, -0.05) is 0 Å². The zero-order valence-electron chi connectivity index (χ0n) is 6.87. The highest BCUT2D eigenvalue weighted by atomic mass is 32.2. The average molecular weight is 215 g/mol. The maximum absolute atomic E-state index is 10.9. The van der Waals surface area contributed by atoms with Crippen molar-refractivity contribution in [2.24, 2.45) is 0 Å². The Morgan fingerprint density at radius 1 is 1.54 bits per heavy atom. The summed E-state index contributed by atoms with van der Waals surface area (Å²) in [5, 5.41) is 9.39. The summed E-state index contributed by atoms with van der Waals surface area (Å²) in [6, 6.07) is 0. The number of thioether (sulfide) groups is 1. The summed E-state index contributed by atoms with van der Waals surface area (Å²) in [7, 11) is 0. The third-order valence-electron chi connectivity index (χ3n) is 2.05. The number of hydrogen-bond acceptors (Lipinski definition) is 4. The van der Waals surface area contributed by atoms with Crippen LogP contribution < -0.4 is 5.73 Å². The van der Waals surface area contributed by atoms with E-state index in [0.29, 0.717) is 10.6 Å². The van der Waals surface area contributed by atoms with Crippen LogP contribution in [0.25, 0.3) is 0 Å². The predicted molar refractivity (Wildman–Crippen MR) is 55.6 cm³/mol. The van der Waals surface area contributed by atoms with Gasteiger partial charge in [-0.15, -0.1) is 11.3 Å². The van der Waals surface area contributed by atoms with Crippen molar-refractivity contribution >= 4 is 34.1 Å². The number of hydrogen-bond donors (Lipinski definition) is 2. The van der Waals surface area contributed by atoms with Crippen molar-refractivity contribution in [1.29, 1.82) is 0 Å². The van der Waals surface area contributed by atoms with Gasteiger partial charge in [0.2, 0.25) is 0 Å². The molecule has 0 aliphatic carbocycles. The predicted octanol–water partition coefficient (Wildman–Crippen LogP) is 1.82. The van der Waals surface area contributed by atoms with E-state index in [1.165, 1.54) is 11.3 Å². The van der Waals surface area contributed by atoms with Crippen molar-refractivity contribution in [1.82, 2.24) is 0 Å². The van der Waals surface area contributed by atoms with Crippen LogP contribution in [0.1, 0.15) is 20.8 Å². The van der Waals surface area contributed by atoms with Crippen molar-refractivity contribution in [3.05, 3.63) is 16.0 Å². The lowest BCUT2D eigenvalue weighted by molar-refractivity contribution is 0.0697. The quantitative estimate of drug-likeness (QED) is 0.750. The molecular formula is C8H9NO2S2. The molecule has 0 spiro atoms. The number of carboxylic acid groups (broad SMARTS) is 1. The van der Waals surface area contributed by atoms with Crippen LogP contribution in [0.2, 0.25) is 0 Å². The summed E-state index contributed by atoms with van der Waals surface area (Å²) in [6.07, 6.45) is 0.960. The molecule has 0 fully saturated rings. The molecule has 5 heteroatoms. The van der Waals surface area contributed by atoms with Crippen molar-refractivity contribution < 1.29 is 9.90 Å². The molecule has 1 aromatic rings. The van der Waals surface area contributed by atoms with E-state index in [9.17, 15) is 4.79 Å². The van der Waals surface area contributed by atoms with Gasteiger partial charge in [0.05, 0.1) is 5.56 Å². The molecule has 3 N–H and O–H groups in total. The molecule has 0 aromatic carbocycles. The second-order valence-corrected chi connectivity index (χ2v) is 5.09. The fourth-order valence-corrected chi connectivity index (χ4v) is 3.78. The minimum absolute atomic E-state index is 0.340. The Labute approximate surface area is 83.9 Å². The summed E-state index contributed by atoms with van der Waals surface area (Å²) in [5.41, 5.74) is 6.94. The van der Waals surface area contributed by atoms with Crippen molar-refractivity contribution in [3.8, 4) is 0 Å². The third-order valence-corrected chi connectivity index (χ3v) is 4.16. The lowest BCUT2D eigenvalue weighted by Gasteiger charge is -2.10. The van der Waals surface area contributed by atoms with Crippen LogP contribution in [0.15, 0.2) is 0 Å². The van der Waals surface area contributed by atoms with Gasteiger partial charge in [-0.25, -0.2) is 4.79 Å². The summed E-state index contributed by atoms with van der Waals surface area (Å²) in [5.74, 6) is 0.981. The number of aromatic carboxylic acids is 1. The molecule has 70 valence electrons. The highest BCUT2D eigenvalue weighted by Gasteiger charge is 2.23. The first-order valence-electron chi connectivity index (χ1n) is 3.91. The fourth-order valence-electron chi connectivity index (χ4n) is 1.46. The van der Waals surface area contributed by atoms with Gasteiger partial charge in [-0.2, -0.15) is 11.8 Å². The first-order valence-corrected chi connectivity index (χ1v) is 5.88. The van der Waals surface area contributed by atoms with Gasteiger partial charge >= 0.3 is 5.97 Å². The highest BCUT2D eigenvalue weighted by Crippen LogP contribution is 2.37. The SMILES string of the molecule is Nc1sc2c(c1C(=O)O)CSCC2. The van der Waals surface area contributed by atoms with E-state index in [0.717, 1.165) is 28.4 Å². The zero-order valence-corrected chi connectivity index (χ0v) is 8.50. The van der Waals surface area contributed by atoms with E-state index in [-0.39, 0.29) is 0 Å². The normalized spacial score (nSPS) is 15.4. The van der Waals surface area contributed by atoms with Crippen LogP contribution in [0, 0.1) is 0 Å². The maximum atomic E-state index is 10.9. The molecule has 2 rings (SSSR count). The van der Waals surface area contributed by atoms with Gasteiger partial charge in [0, 0.05) is 10.6 Å². The molecule has 0 radical (unpaired) electrons. The Balaban J connectivity index is 2.54. The topological polar surface area (TPSA) is 63.3 Å². The largest absolute Gasteiger partial charge is 0.478 e. The molecule has 1 aliphatic heterocycles. The first kappa shape index (κ1) is 8.90. The van der Waals surface area contributed by atoms with Crippen molar-refractivity contribution in [3.63, 3.8) is 0 Å².